The number of carbonyl (C=O) groups is 1. The number of aromatic nitrogens is 2. The lowest BCUT2D eigenvalue weighted by Gasteiger charge is -2.31. The van der Waals surface area contributed by atoms with Crippen LogP contribution in [0.1, 0.15) is 44.1 Å². The van der Waals surface area contributed by atoms with Gasteiger partial charge >= 0.3 is 5.69 Å². The topological polar surface area (TPSA) is 84.4 Å². The number of rotatable bonds is 6. The number of hydrogen-bond acceptors (Lipinski definition) is 4. The summed E-state index contributed by atoms with van der Waals surface area (Å²) in [7, 11) is 0. The highest BCUT2D eigenvalue weighted by Crippen LogP contribution is 2.25. The van der Waals surface area contributed by atoms with Crippen LogP contribution in [0.5, 0.6) is 0 Å². The van der Waals surface area contributed by atoms with Crippen LogP contribution in [0.3, 0.4) is 0 Å². The van der Waals surface area contributed by atoms with E-state index in [4.69, 9.17) is 4.74 Å². The van der Waals surface area contributed by atoms with Gasteiger partial charge in [-0.3, -0.25) is 19.1 Å². The van der Waals surface area contributed by atoms with Crippen LogP contribution in [-0.2, 0) is 16.1 Å². The second-order valence-electron chi connectivity index (χ2n) is 7.73. The summed E-state index contributed by atoms with van der Waals surface area (Å²) in [5.74, 6) is 0.858. The molecule has 0 bridgehead atoms. The van der Waals surface area contributed by atoms with Crippen LogP contribution in [0.4, 0.5) is 0 Å². The molecule has 1 saturated carbocycles. The van der Waals surface area contributed by atoms with E-state index in [0.717, 1.165) is 19.6 Å². The molecule has 1 aromatic rings. The van der Waals surface area contributed by atoms with Gasteiger partial charge in [0.1, 0.15) is 6.54 Å². The highest BCUT2D eigenvalue weighted by atomic mass is 16.5. The molecule has 0 unspecified atom stereocenters. The Labute approximate surface area is 153 Å². The Hall–Kier alpha value is -1.89. The Kier molecular flexibility index (Phi) is 6.29. The highest BCUT2D eigenvalue weighted by molar-refractivity contribution is 5.76. The molecule has 2 aliphatic rings. The third kappa shape index (κ3) is 4.84. The molecule has 1 aromatic heterocycles. The third-order valence-electron chi connectivity index (χ3n) is 5.55. The van der Waals surface area contributed by atoms with E-state index in [1.165, 1.54) is 42.9 Å². The van der Waals surface area contributed by atoms with Crippen LogP contribution in [0.25, 0.3) is 0 Å². The zero-order valence-electron chi connectivity index (χ0n) is 15.5. The Morgan fingerprint density at radius 3 is 2.62 bits per heavy atom. The van der Waals surface area contributed by atoms with E-state index in [-0.39, 0.29) is 12.5 Å². The minimum absolute atomic E-state index is 0.0310. The van der Waals surface area contributed by atoms with Gasteiger partial charge in [-0.15, -0.1) is 0 Å². The molecule has 0 radical (unpaired) electrons. The number of H-pyrrole nitrogens is 1. The maximum absolute atomic E-state index is 13.0. The summed E-state index contributed by atoms with van der Waals surface area (Å²) in [6.45, 7) is 4.51. The fourth-order valence-corrected chi connectivity index (χ4v) is 3.98. The summed E-state index contributed by atoms with van der Waals surface area (Å²) in [5, 5.41) is 0. The minimum Gasteiger partial charge on any atom is -0.381 e. The summed E-state index contributed by atoms with van der Waals surface area (Å²) in [4.78, 5) is 40.7. The number of aromatic amines is 1. The number of hydrogen-bond donors (Lipinski definition) is 1. The summed E-state index contributed by atoms with van der Waals surface area (Å²) >= 11 is 0. The number of aryl methyl sites for hydroxylation is 1. The van der Waals surface area contributed by atoms with Crippen molar-refractivity contribution < 1.29 is 9.53 Å². The largest absolute Gasteiger partial charge is 0.381 e. The standard InChI is InChI=1S/C19H29N3O4/c1-14-9-22(19(25)20-18(14)24)12-17(23)21(11-16-7-8-26-13-16)10-15-5-3-2-4-6-15/h9,15-16H,2-8,10-13H2,1H3,(H,20,24,25)/t16-/m0/s1. The number of amides is 1. The molecule has 0 spiro atoms. The monoisotopic (exact) mass is 363 g/mol. The van der Waals surface area contributed by atoms with Gasteiger partial charge < -0.3 is 9.64 Å². The van der Waals surface area contributed by atoms with Crippen molar-refractivity contribution in [3.63, 3.8) is 0 Å². The van der Waals surface area contributed by atoms with Crippen molar-refractivity contribution in [1.82, 2.24) is 14.5 Å². The van der Waals surface area contributed by atoms with Crippen LogP contribution >= 0.6 is 0 Å². The van der Waals surface area contributed by atoms with E-state index >= 15 is 0 Å². The Balaban J connectivity index is 1.71. The first kappa shape index (κ1) is 18.9. The summed E-state index contributed by atoms with van der Waals surface area (Å²) < 4.78 is 6.76. The molecule has 2 heterocycles. The molecule has 1 saturated heterocycles. The highest BCUT2D eigenvalue weighted by Gasteiger charge is 2.26. The molecular weight excluding hydrogens is 334 g/mol. The Morgan fingerprint density at radius 1 is 1.19 bits per heavy atom. The van der Waals surface area contributed by atoms with E-state index in [2.05, 4.69) is 4.98 Å². The first-order valence-corrected chi connectivity index (χ1v) is 9.69. The lowest BCUT2D eigenvalue weighted by Crippen LogP contribution is -2.43. The fraction of sp³-hybridized carbons (Fsp3) is 0.737. The molecule has 7 nitrogen and oxygen atoms in total. The van der Waals surface area contributed by atoms with Crippen molar-refractivity contribution in [2.75, 3.05) is 26.3 Å². The summed E-state index contributed by atoms with van der Waals surface area (Å²) in [6, 6.07) is 0. The Bertz CT molecular complexity index is 727. The van der Waals surface area contributed by atoms with Crippen molar-refractivity contribution in [2.24, 2.45) is 11.8 Å². The van der Waals surface area contributed by atoms with Crippen LogP contribution in [0.15, 0.2) is 15.8 Å². The van der Waals surface area contributed by atoms with Crippen LogP contribution in [0, 0.1) is 18.8 Å². The van der Waals surface area contributed by atoms with E-state index in [1.54, 1.807) is 6.92 Å². The average Bonchev–Trinajstić information content (AvgIpc) is 3.13. The fourth-order valence-electron chi connectivity index (χ4n) is 3.98. The van der Waals surface area contributed by atoms with Crippen LogP contribution in [0.2, 0.25) is 0 Å². The zero-order chi connectivity index (χ0) is 18.5. The quantitative estimate of drug-likeness (QED) is 0.825. The smallest absolute Gasteiger partial charge is 0.328 e. The first-order valence-electron chi connectivity index (χ1n) is 9.69. The molecule has 7 heteroatoms. The molecule has 1 aliphatic heterocycles. The zero-order valence-corrected chi connectivity index (χ0v) is 15.5. The van der Waals surface area contributed by atoms with Gasteiger partial charge in [0.2, 0.25) is 5.91 Å². The van der Waals surface area contributed by atoms with Gasteiger partial charge in [0, 0.05) is 37.4 Å². The first-order chi connectivity index (χ1) is 12.5. The van der Waals surface area contributed by atoms with Crippen molar-refractivity contribution in [1.29, 1.82) is 0 Å². The molecule has 1 aliphatic carbocycles. The van der Waals surface area contributed by atoms with Gasteiger partial charge in [-0.2, -0.15) is 0 Å². The molecule has 144 valence electrons. The van der Waals surface area contributed by atoms with Gasteiger partial charge in [0.05, 0.1) is 6.61 Å². The SMILES string of the molecule is Cc1cn(CC(=O)N(CC2CCCCC2)C[C@@H]2CCOC2)c(=O)[nH]c1=O. The normalized spacial score (nSPS) is 21.0. The van der Waals surface area contributed by atoms with Crippen molar-refractivity contribution in [3.8, 4) is 0 Å². The molecule has 1 amide bonds. The molecule has 1 atom stereocenters. The van der Waals surface area contributed by atoms with Crippen LogP contribution in [-0.4, -0.2) is 46.7 Å². The predicted octanol–water partition coefficient (Wildman–Crippen LogP) is 1.29. The van der Waals surface area contributed by atoms with Gasteiger partial charge in [-0.05, 0) is 32.1 Å². The summed E-state index contributed by atoms with van der Waals surface area (Å²) in [6.07, 6.45) is 8.54. The Morgan fingerprint density at radius 2 is 1.92 bits per heavy atom. The molecule has 0 aromatic carbocycles. The lowest BCUT2D eigenvalue weighted by molar-refractivity contribution is -0.133. The average molecular weight is 363 g/mol. The number of carbonyl (C=O) groups excluding carboxylic acids is 1. The number of nitrogens with one attached hydrogen (secondary N) is 1. The molecule has 1 N–H and O–H groups in total. The molecule has 3 rings (SSSR count). The van der Waals surface area contributed by atoms with Crippen LogP contribution < -0.4 is 11.2 Å². The van der Waals surface area contributed by atoms with Crippen molar-refractivity contribution >= 4 is 5.91 Å². The molecule has 2 fully saturated rings. The predicted molar refractivity (Wildman–Crippen MR) is 98.1 cm³/mol. The van der Waals surface area contributed by atoms with Gasteiger partial charge in [-0.1, -0.05) is 19.3 Å². The van der Waals surface area contributed by atoms with Gasteiger partial charge in [0.25, 0.3) is 5.56 Å². The second-order valence-corrected chi connectivity index (χ2v) is 7.73. The van der Waals surface area contributed by atoms with Gasteiger partial charge in [-0.25, -0.2) is 4.79 Å². The molecular formula is C19H29N3O4. The van der Waals surface area contributed by atoms with Gasteiger partial charge in [0.15, 0.2) is 0 Å². The maximum atomic E-state index is 13.0. The van der Waals surface area contributed by atoms with E-state index in [9.17, 15) is 14.4 Å². The second kappa shape index (κ2) is 8.66. The van der Waals surface area contributed by atoms with E-state index < -0.39 is 11.2 Å². The minimum atomic E-state index is -0.532. The van der Waals surface area contributed by atoms with Crippen molar-refractivity contribution in [3.05, 3.63) is 32.6 Å². The van der Waals surface area contributed by atoms with Crippen molar-refractivity contribution in [2.45, 2.75) is 52.0 Å². The summed E-state index contributed by atoms with van der Waals surface area (Å²) in [5.41, 5.74) is -0.503. The molecule has 26 heavy (non-hydrogen) atoms. The third-order valence-corrected chi connectivity index (χ3v) is 5.55. The van der Waals surface area contributed by atoms with E-state index in [1.807, 2.05) is 4.90 Å². The van der Waals surface area contributed by atoms with E-state index in [0.29, 0.717) is 30.6 Å². The number of ether oxygens (including phenoxy) is 1. The number of nitrogens with zero attached hydrogens (tertiary/aromatic N) is 2. The lowest BCUT2D eigenvalue weighted by atomic mass is 9.88. The maximum Gasteiger partial charge on any atom is 0.328 e.